The molecule has 0 nitrogen and oxygen atoms in total. The quantitative estimate of drug-likeness (QED) is 0.632. The second kappa shape index (κ2) is 2.91. The second-order valence-electron chi connectivity index (χ2n) is 3.79. The number of thiophene rings is 1. The third-order valence-corrected chi connectivity index (χ3v) is 3.37. The Bertz CT molecular complexity index is 255. The van der Waals surface area contributed by atoms with Crippen molar-refractivity contribution in [3.8, 4) is 0 Å². The van der Waals surface area contributed by atoms with Crippen LogP contribution in [0, 0.1) is 6.92 Å². The average Bonchev–Trinajstić information content (AvgIpc) is 2.08. The van der Waals surface area contributed by atoms with Gasteiger partial charge in [-0.2, -0.15) is 0 Å². The summed E-state index contributed by atoms with van der Waals surface area (Å²) in [6.07, 6.45) is 0. The van der Waals surface area contributed by atoms with Gasteiger partial charge >= 0.3 is 0 Å². The lowest BCUT2D eigenvalue weighted by atomic mass is 9.89. The maximum atomic E-state index is 3.57. The normalized spacial score (nSPS) is 12.1. The lowest BCUT2D eigenvalue weighted by molar-refractivity contribution is 0.590. The Labute approximate surface area is 80.8 Å². The van der Waals surface area contributed by atoms with Crippen LogP contribution in [0.5, 0.6) is 0 Å². The SMILES string of the molecule is Cc1cc(C(C)(C)C)c(Br)s1. The smallest absolute Gasteiger partial charge is 0.0738 e. The van der Waals surface area contributed by atoms with Crippen LogP contribution in [0.1, 0.15) is 31.2 Å². The molecule has 1 aromatic heterocycles. The van der Waals surface area contributed by atoms with Crippen molar-refractivity contribution in [2.24, 2.45) is 0 Å². The highest BCUT2D eigenvalue weighted by molar-refractivity contribution is 9.11. The fourth-order valence-electron chi connectivity index (χ4n) is 0.997. The van der Waals surface area contributed by atoms with Gasteiger partial charge in [0.2, 0.25) is 0 Å². The predicted octanol–water partition coefficient (Wildman–Crippen LogP) is 4.12. The Kier molecular flexibility index (Phi) is 2.45. The maximum Gasteiger partial charge on any atom is 0.0738 e. The summed E-state index contributed by atoms with van der Waals surface area (Å²) in [7, 11) is 0. The summed E-state index contributed by atoms with van der Waals surface area (Å²) in [6.45, 7) is 8.85. The van der Waals surface area contributed by atoms with Crippen molar-refractivity contribution in [2.75, 3.05) is 0 Å². The van der Waals surface area contributed by atoms with Crippen LogP contribution < -0.4 is 0 Å². The van der Waals surface area contributed by atoms with Crippen LogP contribution in [-0.2, 0) is 5.41 Å². The Morgan fingerprint density at radius 1 is 1.36 bits per heavy atom. The van der Waals surface area contributed by atoms with Gasteiger partial charge in [-0.15, -0.1) is 11.3 Å². The molecule has 0 aliphatic carbocycles. The summed E-state index contributed by atoms with van der Waals surface area (Å²) in [4.78, 5) is 1.38. The summed E-state index contributed by atoms with van der Waals surface area (Å²) in [5, 5.41) is 0. The second-order valence-corrected chi connectivity index (χ2v) is 6.37. The van der Waals surface area contributed by atoms with Crippen LogP contribution >= 0.6 is 27.3 Å². The van der Waals surface area contributed by atoms with Crippen LogP contribution in [0.15, 0.2) is 9.85 Å². The molecule has 1 rings (SSSR count). The van der Waals surface area contributed by atoms with E-state index in [1.165, 1.54) is 14.2 Å². The molecule has 11 heavy (non-hydrogen) atoms. The van der Waals surface area contributed by atoms with Crippen LogP contribution in [0.4, 0.5) is 0 Å². The van der Waals surface area contributed by atoms with Gasteiger partial charge < -0.3 is 0 Å². The highest BCUT2D eigenvalue weighted by Gasteiger charge is 2.18. The first kappa shape index (κ1) is 9.27. The standard InChI is InChI=1S/C9H13BrS/c1-6-5-7(8(10)11-6)9(2,3)4/h5H,1-4H3. The molecule has 0 aliphatic heterocycles. The average molecular weight is 233 g/mol. The summed E-state index contributed by atoms with van der Waals surface area (Å²) < 4.78 is 1.28. The molecule has 0 saturated carbocycles. The molecule has 0 bridgehead atoms. The van der Waals surface area contributed by atoms with Crippen LogP contribution in [0.2, 0.25) is 0 Å². The molecule has 62 valence electrons. The third-order valence-electron chi connectivity index (χ3n) is 1.62. The van der Waals surface area contributed by atoms with Crippen molar-refractivity contribution in [3.63, 3.8) is 0 Å². The van der Waals surface area contributed by atoms with E-state index in [0.717, 1.165) is 0 Å². The molecule has 0 atom stereocenters. The molecule has 0 aromatic carbocycles. The Morgan fingerprint density at radius 2 is 1.91 bits per heavy atom. The first-order valence-electron chi connectivity index (χ1n) is 3.67. The Morgan fingerprint density at radius 3 is 2.09 bits per heavy atom. The number of halogens is 1. The Balaban J connectivity index is 3.13. The Hall–Kier alpha value is 0.180. The molecule has 0 unspecified atom stereocenters. The van der Waals surface area contributed by atoms with Crippen molar-refractivity contribution >= 4 is 27.3 Å². The number of rotatable bonds is 0. The minimum Gasteiger partial charge on any atom is -0.133 e. The van der Waals surface area contributed by atoms with Crippen LogP contribution in [0.3, 0.4) is 0 Å². The van der Waals surface area contributed by atoms with Gasteiger partial charge in [0.05, 0.1) is 3.79 Å². The van der Waals surface area contributed by atoms with Crippen molar-refractivity contribution in [1.29, 1.82) is 0 Å². The van der Waals surface area contributed by atoms with Gasteiger partial charge in [-0.3, -0.25) is 0 Å². The fourth-order valence-corrected chi connectivity index (χ4v) is 3.41. The molecule has 0 fully saturated rings. The molecule has 0 aliphatic rings. The zero-order chi connectivity index (χ0) is 8.65. The number of hydrogen-bond donors (Lipinski definition) is 0. The van der Waals surface area contributed by atoms with E-state index in [9.17, 15) is 0 Å². The number of hydrogen-bond acceptors (Lipinski definition) is 1. The van der Waals surface area contributed by atoms with Gasteiger partial charge in [-0.05, 0) is 39.9 Å². The van der Waals surface area contributed by atoms with E-state index in [1.807, 2.05) is 11.3 Å². The van der Waals surface area contributed by atoms with Gasteiger partial charge in [0.1, 0.15) is 0 Å². The zero-order valence-corrected chi connectivity index (χ0v) is 9.77. The summed E-state index contributed by atoms with van der Waals surface area (Å²) in [5.41, 5.74) is 1.68. The largest absolute Gasteiger partial charge is 0.133 e. The molecule has 0 amide bonds. The summed E-state index contributed by atoms with van der Waals surface area (Å²) in [6, 6.07) is 2.26. The molecule has 0 spiro atoms. The van der Waals surface area contributed by atoms with Crippen molar-refractivity contribution in [1.82, 2.24) is 0 Å². The summed E-state index contributed by atoms with van der Waals surface area (Å²) >= 11 is 5.38. The zero-order valence-electron chi connectivity index (χ0n) is 7.36. The van der Waals surface area contributed by atoms with Gasteiger partial charge in [0.25, 0.3) is 0 Å². The van der Waals surface area contributed by atoms with Gasteiger partial charge in [0, 0.05) is 4.88 Å². The van der Waals surface area contributed by atoms with E-state index < -0.39 is 0 Å². The van der Waals surface area contributed by atoms with E-state index in [4.69, 9.17) is 0 Å². The van der Waals surface area contributed by atoms with E-state index in [-0.39, 0.29) is 5.41 Å². The van der Waals surface area contributed by atoms with Crippen molar-refractivity contribution in [2.45, 2.75) is 33.1 Å². The number of aryl methyl sites for hydroxylation is 1. The molecular formula is C9H13BrS. The predicted molar refractivity (Wildman–Crippen MR) is 55.5 cm³/mol. The summed E-state index contributed by atoms with van der Waals surface area (Å²) in [5.74, 6) is 0. The van der Waals surface area contributed by atoms with Crippen LogP contribution in [-0.4, -0.2) is 0 Å². The van der Waals surface area contributed by atoms with E-state index in [1.54, 1.807) is 0 Å². The van der Waals surface area contributed by atoms with Crippen LogP contribution in [0.25, 0.3) is 0 Å². The van der Waals surface area contributed by atoms with Gasteiger partial charge in [-0.25, -0.2) is 0 Å². The van der Waals surface area contributed by atoms with E-state index in [2.05, 4.69) is 49.7 Å². The molecular weight excluding hydrogens is 220 g/mol. The highest BCUT2D eigenvalue weighted by atomic mass is 79.9. The highest BCUT2D eigenvalue weighted by Crippen LogP contribution is 2.35. The first-order valence-corrected chi connectivity index (χ1v) is 5.28. The molecule has 2 heteroatoms. The van der Waals surface area contributed by atoms with Gasteiger partial charge in [-0.1, -0.05) is 20.8 Å². The van der Waals surface area contributed by atoms with Crippen molar-refractivity contribution < 1.29 is 0 Å². The molecule has 0 N–H and O–H groups in total. The molecule has 1 heterocycles. The van der Waals surface area contributed by atoms with E-state index >= 15 is 0 Å². The fraction of sp³-hybridized carbons (Fsp3) is 0.556. The topological polar surface area (TPSA) is 0 Å². The maximum absolute atomic E-state index is 3.57. The minimum absolute atomic E-state index is 0.267. The first-order chi connectivity index (χ1) is 4.91. The van der Waals surface area contributed by atoms with Gasteiger partial charge in [0.15, 0.2) is 0 Å². The van der Waals surface area contributed by atoms with Crippen molar-refractivity contribution in [3.05, 3.63) is 20.3 Å². The molecule has 1 aromatic rings. The lowest BCUT2D eigenvalue weighted by Gasteiger charge is -2.17. The minimum atomic E-state index is 0.267. The monoisotopic (exact) mass is 232 g/mol. The molecule has 0 saturated heterocycles. The lowest BCUT2D eigenvalue weighted by Crippen LogP contribution is -2.09. The molecule has 0 radical (unpaired) electrons. The third kappa shape index (κ3) is 2.06. The van der Waals surface area contributed by atoms with E-state index in [0.29, 0.717) is 0 Å².